The van der Waals surface area contributed by atoms with Crippen molar-refractivity contribution in [1.29, 1.82) is 0 Å². The van der Waals surface area contributed by atoms with Crippen LogP contribution >= 0.6 is 24.8 Å². The predicted octanol–water partition coefficient (Wildman–Crippen LogP) is 3.06. The molecule has 0 amide bonds. The minimum atomic E-state index is 0. The lowest BCUT2D eigenvalue weighted by Gasteiger charge is -2.34. The monoisotopic (exact) mass is 318 g/mol. The van der Waals surface area contributed by atoms with E-state index in [1.807, 2.05) is 12.1 Å². The molecular formula is C15H24Cl2N2O. The first-order valence-corrected chi connectivity index (χ1v) is 6.54. The highest BCUT2D eigenvalue weighted by atomic mass is 35.5. The second-order valence-corrected chi connectivity index (χ2v) is 4.60. The number of hydrogen-bond donors (Lipinski definition) is 1. The lowest BCUT2D eigenvalue weighted by atomic mass is 10.0. The maximum Gasteiger partial charge on any atom is 0.119 e. The third-order valence-corrected chi connectivity index (χ3v) is 3.46. The Morgan fingerprint density at radius 1 is 1.35 bits per heavy atom. The average Bonchev–Trinajstić information content (AvgIpc) is 2.46. The average molecular weight is 319 g/mol. The van der Waals surface area contributed by atoms with Crippen molar-refractivity contribution in [3.05, 3.63) is 42.5 Å². The summed E-state index contributed by atoms with van der Waals surface area (Å²) in [6, 6.07) is 8.79. The first kappa shape index (κ1) is 19.3. The number of methoxy groups -OCH3 is 1. The molecule has 1 N–H and O–H groups in total. The smallest absolute Gasteiger partial charge is 0.119 e. The van der Waals surface area contributed by atoms with E-state index in [-0.39, 0.29) is 24.8 Å². The molecule has 0 aromatic heterocycles. The molecule has 1 aliphatic rings. The molecule has 1 aliphatic heterocycles. The van der Waals surface area contributed by atoms with Crippen LogP contribution in [-0.4, -0.2) is 38.2 Å². The number of piperazine rings is 1. The van der Waals surface area contributed by atoms with Crippen molar-refractivity contribution in [2.45, 2.75) is 12.5 Å². The first-order chi connectivity index (χ1) is 8.85. The molecular weight excluding hydrogens is 295 g/mol. The van der Waals surface area contributed by atoms with E-state index in [0.717, 1.165) is 38.3 Å². The highest BCUT2D eigenvalue weighted by molar-refractivity contribution is 5.85. The molecule has 1 fully saturated rings. The van der Waals surface area contributed by atoms with Gasteiger partial charge in [0.25, 0.3) is 0 Å². The molecule has 5 heteroatoms. The van der Waals surface area contributed by atoms with Gasteiger partial charge in [0.2, 0.25) is 0 Å². The van der Waals surface area contributed by atoms with Crippen molar-refractivity contribution in [1.82, 2.24) is 10.2 Å². The van der Waals surface area contributed by atoms with Crippen molar-refractivity contribution < 1.29 is 4.74 Å². The Morgan fingerprint density at radius 2 is 2.05 bits per heavy atom. The van der Waals surface area contributed by atoms with Crippen LogP contribution in [0.1, 0.15) is 18.0 Å². The Morgan fingerprint density at radius 3 is 2.65 bits per heavy atom. The topological polar surface area (TPSA) is 24.5 Å². The minimum absolute atomic E-state index is 0. The molecule has 0 aliphatic carbocycles. The van der Waals surface area contributed by atoms with Crippen molar-refractivity contribution in [2.75, 3.05) is 33.3 Å². The van der Waals surface area contributed by atoms with Crippen LogP contribution in [0.4, 0.5) is 0 Å². The maximum atomic E-state index is 5.31. The van der Waals surface area contributed by atoms with Crippen LogP contribution in [0.5, 0.6) is 5.75 Å². The Hall–Kier alpha value is -0.740. The minimum Gasteiger partial charge on any atom is -0.497 e. The van der Waals surface area contributed by atoms with E-state index < -0.39 is 0 Å². The Balaban J connectivity index is 0.00000180. The summed E-state index contributed by atoms with van der Waals surface area (Å²) in [5.74, 6) is 0.927. The lowest BCUT2D eigenvalue weighted by Crippen LogP contribution is -2.45. The Kier molecular flexibility index (Phi) is 9.68. The third kappa shape index (κ3) is 4.98. The molecule has 0 radical (unpaired) electrons. The summed E-state index contributed by atoms with van der Waals surface area (Å²) in [7, 11) is 1.71. The molecule has 114 valence electrons. The van der Waals surface area contributed by atoms with Gasteiger partial charge in [0.05, 0.1) is 7.11 Å². The van der Waals surface area contributed by atoms with Gasteiger partial charge < -0.3 is 10.1 Å². The van der Waals surface area contributed by atoms with Gasteiger partial charge in [0.1, 0.15) is 5.75 Å². The van der Waals surface area contributed by atoms with Crippen LogP contribution in [-0.2, 0) is 0 Å². The van der Waals surface area contributed by atoms with Gasteiger partial charge >= 0.3 is 0 Å². The molecule has 0 saturated carbocycles. The standard InChI is InChI=1S/C15H22N2O.2ClH/c1-3-5-15(17-10-8-16-9-11-17)13-6-4-7-14(12-13)18-2;;/h3-4,6-7,12,15-16H,1,5,8-11H2,2H3;2*1H/t15-;;/m0../s1. The van der Waals surface area contributed by atoms with E-state index in [0.29, 0.717) is 6.04 Å². The van der Waals surface area contributed by atoms with E-state index in [1.54, 1.807) is 7.11 Å². The molecule has 1 aromatic carbocycles. The quantitative estimate of drug-likeness (QED) is 0.844. The lowest BCUT2D eigenvalue weighted by molar-refractivity contribution is 0.174. The van der Waals surface area contributed by atoms with E-state index in [2.05, 4.69) is 35.0 Å². The van der Waals surface area contributed by atoms with Crippen LogP contribution in [0.3, 0.4) is 0 Å². The van der Waals surface area contributed by atoms with Gasteiger partial charge in [-0.3, -0.25) is 4.90 Å². The SMILES string of the molecule is C=CC[C@@H](c1cccc(OC)c1)N1CCNCC1.Cl.Cl. The summed E-state index contributed by atoms with van der Waals surface area (Å²) >= 11 is 0. The van der Waals surface area contributed by atoms with Gasteiger partial charge in [-0.15, -0.1) is 31.4 Å². The fourth-order valence-electron chi connectivity index (χ4n) is 2.50. The number of hydrogen-bond acceptors (Lipinski definition) is 3. The molecule has 1 heterocycles. The Bertz CT molecular complexity index is 395. The molecule has 0 unspecified atom stereocenters. The molecule has 1 saturated heterocycles. The third-order valence-electron chi connectivity index (χ3n) is 3.46. The van der Waals surface area contributed by atoms with Crippen LogP contribution in [0.25, 0.3) is 0 Å². The zero-order valence-corrected chi connectivity index (χ0v) is 13.5. The van der Waals surface area contributed by atoms with Gasteiger partial charge in [-0.25, -0.2) is 0 Å². The molecule has 2 rings (SSSR count). The van der Waals surface area contributed by atoms with Gasteiger partial charge in [0.15, 0.2) is 0 Å². The van der Waals surface area contributed by atoms with Gasteiger partial charge in [-0.05, 0) is 24.1 Å². The first-order valence-electron chi connectivity index (χ1n) is 6.54. The number of halogens is 2. The molecule has 0 spiro atoms. The summed E-state index contributed by atoms with van der Waals surface area (Å²) in [6.45, 7) is 8.21. The second-order valence-electron chi connectivity index (χ2n) is 4.60. The van der Waals surface area contributed by atoms with E-state index >= 15 is 0 Å². The van der Waals surface area contributed by atoms with E-state index in [4.69, 9.17) is 4.74 Å². The van der Waals surface area contributed by atoms with Crippen LogP contribution < -0.4 is 10.1 Å². The summed E-state index contributed by atoms with van der Waals surface area (Å²) < 4.78 is 5.31. The van der Waals surface area contributed by atoms with Crippen molar-refractivity contribution in [3.8, 4) is 5.75 Å². The van der Waals surface area contributed by atoms with Crippen molar-refractivity contribution in [2.24, 2.45) is 0 Å². The van der Waals surface area contributed by atoms with Gasteiger partial charge in [0, 0.05) is 32.2 Å². The number of nitrogens with one attached hydrogen (secondary N) is 1. The molecule has 20 heavy (non-hydrogen) atoms. The predicted molar refractivity (Wildman–Crippen MR) is 89.5 cm³/mol. The molecule has 1 aromatic rings. The van der Waals surface area contributed by atoms with E-state index in [9.17, 15) is 0 Å². The van der Waals surface area contributed by atoms with Crippen molar-refractivity contribution in [3.63, 3.8) is 0 Å². The van der Waals surface area contributed by atoms with Crippen molar-refractivity contribution >= 4 is 24.8 Å². The summed E-state index contributed by atoms with van der Waals surface area (Å²) in [4.78, 5) is 2.52. The summed E-state index contributed by atoms with van der Waals surface area (Å²) in [6.07, 6.45) is 2.99. The highest BCUT2D eigenvalue weighted by Crippen LogP contribution is 2.27. The van der Waals surface area contributed by atoms with Gasteiger partial charge in [-0.2, -0.15) is 0 Å². The summed E-state index contributed by atoms with van der Waals surface area (Å²) in [5, 5.41) is 3.39. The fourth-order valence-corrected chi connectivity index (χ4v) is 2.50. The van der Waals surface area contributed by atoms with Gasteiger partial charge in [-0.1, -0.05) is 18.2 Å². The second kappa shape index (κ2) is 10.1. The van der Waals surface area contributed by atoms with Crippen LogP contribution in [0, 0.1) is 0 Å². The molecule has 3 nitrogen and oxygen atoms in total. The van der Waals surface area contributed by atoms with Crippen LogP contribution in [0.2, 0.25) is 0 Å². The normalized spacial score (nSPS) is 16.4. The molecule has 1 atom stereocenters. The number of nitrogens with zero attached hydrogens (tertiary/aromatic N) is 1. The van der Waals surface area contributed by atoms with E-state index in [1.165, 1.54) is 5.56 Å². The number of ether oxygens (including phenoxy) is 1. The largest absolute Gasteiger partial charge is 0.497 e. The maximum absolute atomic E-state index is 5.31. The number of rotatable bonds is 5. The molecule has 0 bridgehead atoms. The van der Waals surface area contributed by atoms with Crippen LogP contribution in [0.15, 0.2) is 36.9 Å². The zero-order valence-electron chi connectivity index (χ0n) is 11.9. The Labute approximate surface area is 134 Å². The highest BCUT2D eigenvalue weighted by Gasteiger charge is 2.21. The summed E-state index contributed by atoms with van der Waals surface area (Å²) in [5.41, 5.74) is 1.32. The number of benzene rings is 1. The zero-order chi connectivity index (χ0) is 12.8. The fraction of sp³-hybridized carbons (Fsp3) is 0.467.